The fraction of sp³-hybridized carbons (Fsp3) is 0.500. The molecule has 2 aliphatic carbocycles. The van der Waals surface area contributed by atoms with Gasteiger partial charge in [-0.15, -0.1) is 0 Å². The molecule has 0 spiro atoms. The van der Waals surface area contributed by atoms with E-state index < -0.39 is 5.60 Å². The Morgan fingerprint density at radius 3 is 2.95 bits per heavy atom. The van der Waals surface area contributed by atoms with E-state index in [0.717, 1.165) is 25.7 Å². The Labute approximate surface area is 123 Å². The third-order valence-corrected chi connectivity index (χ3v) is 5.43. The fourth-order valence-corrected chi connectivity index (χ4v) is 4.45. The molecule has 0 aliphatic heterocycles. The summed E-state index contributed by atoms with van der Waals surface area (Å²) in [5.41, 5.74) is 0.152. The SMILES string of the molecule is C[C@@H]1Cc2oc3ccccc3c(=O)c2[C@]2(O)CCCC[C@@H]12. The smallest absolute Gasteiger partial charge is 0.199 e. The molecule has 110 valence electrons. The monoisotopic (exact) mass is 284 g/mol. The van der Waals surface area contributed by atoms with Crippen LogP contribution in [0.15, 0.2) is 33.5 Å². The average molecular weight is 284 g/mol. The molecule has 3 atom stereocenters. The van der Waals surface area contributed by atoms with Gasteiger partial charge in [0.15, 0.2) is 5.43 Å². The van der Waals surface area contributed by atoms with Crippen LogP contribution in [-0.2, 0) is 12.0 Å². The van der Waals surface area contributed by atoms with Crippen LogP contribution in [0, 0.1) is 11.8 Å². The van der Waals surface area contributed by atoms with Crippen molar-refractivity contribution in [3.63, 3.8) is 0 Å². The first-order valence-corrected chi connectivity index (χ1v) is 7.89. The minimum Gasteiger partial charge on any atom is -0.460 e. The number of hydrogen-bond acceptors (Lipinski definition) is 3. The molecule has 1 heterocycles. The summed E-state index contributed by atoms with van der Waals surface area (Å²) in [7, 11) is 0. The van der Waals surface area contributed by atoms with Crippen molar-refractivity contribution in [1.29, 1.82) is 0 Å². The van der Waals surface area contributed by atoms with Gasteiger partial charge in [-0.25, -0.2) is 0 Å². The molecule has 2 aliphatic rings. The molecular weight excluding hydrogens is 264 g/mol. The van der Waals surface area contributed by atoms with Crippen molar-refractivity contribution in [3.8, 4) is 0 Å². The summed E-state index contributed by atoms with van der Waals surface area (Å²) in [6.07, 6.45) is 4.56. The summed E-state index contributed by atoms with van der Waals surface area (Å²) in [4.78, 5) is 12.9. The van der Waals surface area contributed by atoms with Crippen LogP contribution >= 0.6 is 0 Å². The molecule has 1 saturated carbocycles. The van der Waals surface area contributed by atoms with Gasteiger partial charge in [-0.1, -0.05) is 31.9 Å². The van der Waals surface area contributed by atoms with Crippen molar-refractivity contribution < 1.29 is 9.52 Å². The second-order valence-corrected chi connectivity index (χ2v) is 6.68. The van der Waals surface area contributed by atoms with E-state index in [9.17, 15) is 9.90 Å². The Balaban J connectivity index is 2.04. The van der Waals surface area contributed by atoms with E-state index in [1.54, 1.807) is 6.07 Å². The van der Waals surface area contributed by atoms with Crippen molar-refractivity contribution >= 4 is 11.0 Å². The van der Waals surface area contributed by atoms with Crippen LogP contribution < -0.4 is 5.43 Å². The highest BCUT2D eigenvalue weighted by Gasteiger charge is 2.49. The maximum absolute atomic E-state index is 12.9. The van der Waals surface area contributed by atoms with Crippen LogP contribution in [-0.4, -0.2) is 5.11 Å². The van der Waals surface area contributed by atoms with Crippen LogP contribution in [0.4, 0.5) is 0 Å². The van der Waals surface area contributed by atoms with Crippen molar-refractivity contribution in [2.75, 3.05) is 0 Å². The minimum atomic E-state index is -0.990. The molecule has 3 heteroatoms. The number of aliphatic hydroxyl groups is 1. The zero-order valence-electron chi connectivity index (χ0n) is 12.3. The predicted octanol–water partition coefficient (Wildman–Crippen LogP) is 3.36. The Bertz CT molecular complexity index is 761. The van der Waals surface area contributed by atoms with E-state index in [1.165, 1.54) is 0 Å². The molecule has 0 saturated heterocycles. The molecule has 4 rings (SSSR count). The quantitative estimate of drug-likeness (QED) is 0.807. The van der Waals surface area contributed by atoms with Crippen molar-refractivity contribution in [1.82, 2.24) is 0 Å². The van der Waals surface area contributed by atoms with Crippen molar-refractivity contribution in [2.24, 2.45) is 11.8 Å². The Kier molecular flexibility index (Phi) is 2.77. The van der Waals surface area contributed by atoms with Gasteiger partial charge < -0.3 is 9.52 Å². The molecule has 1 aromatic heterocycles. The van der Waals surface area contributed by atoms with Gasteiger partial charge in [-0.3, -0.25) is 4.79 Å². The summed E-state index contributed by atoms with van der Waals surface area (Å²) < 4.78 is 5.99. The lowest BCUT2D eigenvalue weighted by molar-refractivity contribution is -0.0874. The molecule has 1 N–H and O–H groups in total. The molecule has 0 bridgehead atoms. The van der Waals surface area contributed by atoms with Crippen LogP contribution in [0.1, 0.15) is 43.9 Å². The summed E-state index contributed by atoms with van der Waals surface area (Å²) in [6, 6.07) is 7.35. The van der Waals surface area contributed by atoms with Gasteiger partial charge >= 0.3 is 0 Å². The fourth-order valence-electron chi connectivity index (χ4n) is 4.45. The zero-order valence-corrected chi connectivity index (χ0v) is 12.3. The molecule has 0 unspecified atom stereocenters. The van der Waals surface area contributed by atoms with E-state index in [0.29, 0.717) is 34.6 Å². The Morgan fingerprint density at radius 2 is 2.10 bits per heavy atom. The maximum Gasteiger partial charge on any atom is 0.199 e. The number of para-hydroxylation sites is 1. The first-order chi connectivity index (χ1) is 10.1. The molecule has 2 aromatic rings. The normalized spacial score (nSPS) is 31.7. The summed E-state index contributed by atoms with van der Waals surface area (Å²) >= 11 is 0. The molecule has 21 heavy (non-hydrogen) atoms. The second kappa shape index (κ2) is 4.44. The molecule has 1 fully saturated rings. The van der Waals surface area contributed by atoms with Gasteiger partial charge in [0.1, 0.15) is 11.3 Å². The highest BCUT2D eigenvalue weighted by molar-refractivity contribution is 5.77. The number of hydrogen-bond donors (Lipinski definition) is 1. The van der Waals surface area contributed by atoms with E-state index in [-0.39, 0.29) is 11.3 Å². The van der Waals surface area contributed by atoms with Gasteiger partial charge in [0.05, 0.1) is 16.6 Å². The Morgan fingerprint density at radius 1 is 1.29 bits per heavy atom. The van der Waals surface area contributed by atoms with Gasteiger partial charge in [0.2, 0.25) is 0 Å². The summed E-state index contributed by atoms with van der Waals surface area (Å²) in [5.74, 6) is 1.24. The maximum atomic E-state index is 12.9. The predicted molar refractivity (Wildman–Crippen MR) is 81.2 cm³/mol. The number of fused-ring (bicyclic) bond motifs is 4. The van der Waals surface area contributed by atoms with Gasteiger partial charge in [-0.2, -0.15) is 0 Å². The second-order valence-electron chi connectivity index (χ2n) is 6.68. The van der Waals surface area contributed by atoms with E-state index in [2.05, 4.69) is 6.92 Å². The molecule has 1 aromatic carbocycles. The lowest BCUT2D eigenvalue weighted by Crippen LogP contribution is -2.48. The highest BCUT2D eigenvalue weighted by atomic mass is 16.3. The van der Waals surface area contributed by atoms with E-state index in [1.807, 2.05) is 18.2 Å². The molecule has 0 amide bonds. The van der Waals surface area contributed by atoms with E-state index >= 15 is 0 Å². The third-order valence-electron chi connectivity index (χ3n) is 5.43. The lowest BCUT2D eigenvalue weighted by atomic mass is 9.62. The molecule has 0 radical (unpaired) electrons. The van der Waals surface area contributed by atoms with E-state index in [4.69, 9.17) is 4.42 Å². The Hall–Kier alpha value is -1.61. The average Bonchev–Trinajstić information content (AvgIpc) is 2.47. The topological polar surface area (TPSA) is 50.4 Å². The number of rotatable bonds is 0. The lowest BCUT2D eigenvalue weighted by Gasteiger charge is -2.46. The first kappa shape index (κ1) is 13.1. The van der Waals surface area contributed by atoms with Crippen LogP contribution in [0.3, 0.4) is 0 Å². The van der Waals surface area contributed by atoms with Gasteiger partial charge in [0.25, 0.3) is 0 Å². The summed E-state index contributed by atoms with van der Waals surface area (Å²) in [5, 5.41) is 11.9. The standard InChI is InChI=1S/C18H20O3/c1-11-10-15-16(18(20)9-5-4-7-13(11)18)17(19)12-6-2-3-8-14(12)21-15/h2-3,6,8,11,13,20H,4-5,7,9-10H2,1H3/t11-,13+,18+/m1/s1. The highest BCUT2D eigenvalue weighted by Crippen LogP contribution is 2.49. The molecule has 3 nitrogen and oxygen atoms in total. The van der Waals surface area contributed by atoms with Crippen LogP contribution in [0.2, 0.25) is 0 Å². The minimum absolute atomic E-state index is 0.0341. The summed E-state index contributed by atoms with van der Waals surface area (Å²) in [6.45, 7) is 2.17. The van der Waals surface area contributed by atoms with Crippen LogP contribution in [0.5, 0.6) is 0 Å². The van der Waals surface area contributed by atoms with Crippen molar-refractivity contribution in [3.05, 3.63) is 45.8 Å². The first-order valence-electron chi connectivity index (χ1n) is 7.89. The van der Waals surface area contributed by atoms with Crippen LogP contribution in [0.25, 0.3) is 11.0 Å². The van der Waals surface area contributed by atoms with Gasteiger partial charge in [0, 0.05) is 6.42 Å². The van der Waals surface area contributed by atoms with Crippen molar-refractivity contribution in [2.45, 2.75) is 44.6 Å². The third kappa shape index (κ3) is 1.73. The largest absolute Gasteiger partial charge is 0.460 e. The number of benzene rings is 1. The van der Waals surface area contributed by atoms with Gasteiger partial charge in [-0.05, 0) is 36.8 Å². The molecular formula is C18H20O3. The zero-order chi connectivity index (χ0) is 14.6.